The van der Waals surface area contributed by atoms with Gasteiger partial charge < -0.3 is 14.8 Å². The smallest absolute Gasteiger partial charge is 0.224 e. The van der Waals surface area contributed by atoms with E-state index >= 15 is 0 Å². The summed E-state index contributed by atoms with van der Waals surface area (Å²) in [6, 6.07) is 1.94. The summed E-state index contributed by atoms with van der Waals surface area (Å²) < 4.78 is 1.96. The highest BCUT2D eigenvalue weighted by molar-refractivity contribution is 5.86. The van der Waals surface area contributed by atoms with Crippen LogP contribution in [0.4, 0.5) is 5.82 Å². The Labute approximate surface area is 124 Å². The van der Waals surface area contributed by atoms with Crippen LogP contribution in [0.2, 0.25) is 0 Å². The van der Waals surface area contributed by atoms with Crippen LogP contribution in [0.3, 0.4) is 0 Å². The number of hydrogen-bond acceptors (Lipinski definition) is 4. The van der Waals surface area contributed by atoms with Gasteiger partial charge in [-0.15, -0.1) is 0 Å². The molecule has 0 aliphatic carbocycles. The third kappa shape index (κ3) is 2.99. The summed E-state index contributed by atoms with van der Waals surface area (Å²) in [6.45, 7) is 2.41. The van der Waals surface area contributed by atoms with Crippen molar-refractivity contribution in [3.8, 4) is 0 Å². The Kier molecular flexibility index (Phi) is 4.03. The van der Waals surface area contributed by atoms with Crippen molar-refractivity contribution in [3.05, 3.63) is 18.6 Å². The van der Waals surface area contributed by atoms with Crippen LogP contribution in [0.5, 0.6) is 0 Å². The number of rotatable bonds is 4. The molecule has 2 aromatic heterocycles. The van der Waals surface area contributed by atoms with Gasteiger partial charge in [-0.25, -0.2) is 9.97 Å². The summed E-state index contributed by atoms with van der Waals surface area (Å²) in [5.74, 6) is 0.981. The molecule has 0 bridgehead atoms. The van der Waals surface area contributed by atoms with Crippen LogP contribution >= 0.6 is 0 Å². The molecule has 1 aliphatic rings. The molecule has 6 heteroatoms. The highest BCUT2D eigenvalue weighted by Gasteiger charge is 2.16. The number of anilines is 1. The van der Waals surface area contributed by atoms with E-state index in [0.29, 0.717) is 13.0 Å². The summed E-state index contributed by atoms with van der Waals surface area (Å²) in [7, 11) is 1.96. The molecule has 1 aliphatic heterocycles. The maximum atomic E-state index is 12.1. The quantitative estimate of drug-likeness (QED) is 0.931. The Balaban J connectivity index is 1.58. The normalized spacial score (nSPS) is 15.4. The third-order valence-corrected chi connectivity index (χ3v) is 3.98. The van der Waals surface area contributed by atoms with Gasteiger partial charge in [0.25, 0.3) is 0 Å². The van der Waals surface area contributed by atoms with E-state index < -0.39 is 0 Å². The molecule has 1 N–H and O–H groups in total. The molecular weight excluding hydrogens is 266 g/mol. The van der Waals surface area contributed by atoms with Gasteiger partial charge in [-0.3, -0.25) is 4.79 Å². The first kappa shape index (κ1) is 13.9. The number of aromatic nitrogens is 3. The minimum atomic E-state index is 0.232. The fourth-order valence-electron chi connectivity index (χ4n) is 2.78. The lowest BCUT2D eigenvalue weighted by Gasteiger charge is -2.26. The van der Waals surface area contributed by atoms with Crippen LogP contribution in [0, 0.1) is 0 Å². The molecule has 0 radical (unpaired) electrons. The van der Waals surface area contributed by atoms with Crippen LogP contribution in [0.15, 0.2) is 18.6 Å². The summed E-state index contributed by atoms with van der Waals surface area (Å²) in [5.41, 5.74) is 1.89. The zero-order valence-electron chi connectivity index (χ0n) is 12.4. The molecule has 2 aromatic rings. The lowest BCUT2D eigenvalue weighted by atomic mass is 10.1. The monoisotopic (exact) mass is 287 g/mol. The van der Waals surface area contributed by atoms with E-state index in [1.165, 1.54) is 6.42 Å². The molecule has 0 aromatic carbocycles. The molecule has 0 saturated carbocycles. The van der Waals surface area contributed by atoms with Crippen molar-refractivity contribution in [2.45, 2.75) is 25.7 Å². The van der Waals surface area contributed by atoms with Crippen LogP contribution < -0.4 is 5.32 Å². The van der Waals surface area contributed by atoms with E-state index in [-0.39, 0.29) is 5.91 Å². The first-order valence-electron chi connectivity index (χ1n) is 7.53. The SMILES string of the molecule is Cn1cnc2c(NCCC(=O)N3CCCCC3)nccc21. The fraction of sp³-hybridized carbons (Fsp3) is 0.533. The van der Waals surface area contributed by atoms with E-state index in [1.807, 2.05) is 22.6 Å². The number of amides is 1. The number of nitrogens with one attached hydrogen (secondary N) is 1. The van der Waals surface area contributed by atoms with Gasteiger partial charge in [0.2, 0.25) is 5.91 Å². The van der Waals surface area contributed by atoms with Crippen molar-refractivity contribution in [2.75, 3.05) is 25.0 Å². The molecule has 1 fully saturated rings. The Morgan fingerprint density at radius 2 is 2.10 bits per heavy atom. The molecule has 0 atom stereocenters. The number of hydrogen-bond donors (Lipinski definition) is 1. The molecule has 112 valence electrons. The lowest BCUT2D eigenvalue weighted by molar-refractivity contribution is -0.131. The average Bonchev–Trinajstić information content (AvgIpc) is 2.91. The van der Waals surface area contributed by atoms with Gasteiger partial charge in [0, 0.05) is 39.3 Å². The molecular formula is C15H21N5O. The summed E-state index contributed by atoms with van der Waals surface area (Å²) in [4.78, 5) is 22.7. The number of pyridine rings is 1. The molecule has 21 heavy (non-hydrogen) atoms. The maximum absolute atomic E-state index is 12.1. The van der Waals surface area contributed by atoms with Gasteiger partial charge >= 0.3 is 0 Å². The zero-order chi connectivity index (χ0) is 14.7. The van der Waals surface area contributed by atoms with Gasteiger partial charge in [-0.2, -0.15) is 0 Å². The van der Waals surface area contributed by atoms with Gasteiger partial charge in [0.1, 0.15) is 5.52 Å². The van der Waals surface area contributed by atoms with Crippen LogP contribution in [-0.2, 0) is 11.8 Å². The van der Waals surface area contributed by atoms with Gasteiger partial charge in [-0.1, -0.05) is 0 Å². The molecule has 0 spiro atoms. The Morgan fingerprint density at radius 3 is 2.90 bits per heavy atom. The van der Waals surface area contributed by atoms with Gasteiger partial charge in [0.15, 0.2) is 5.82 Å². The number of aryl methyl sites for hydroxylation is 1. The van der Waals surface area contributed by atoms with E-state index in [4.69, 9.17) is 0 Å². The molecule has 3 heterocycles. The molecule has 1 amide bonds. The second-order valence-corrected chi connectivity index (χ2v) is 5.50. The van der Waals surface area contributed by atoms with Gasteiger partial charge in [-0.05, 0) is 25.3 Å². The second-order valence-electron chi connectivity index (χ2n) is 5.50. The number of imidazole rings is 1. The lowest BCUT2D eigenvalue weighted by Crippen LogP contribution is -2.36. The van der Waals surface area contributed by atoms with E-state index in [0.717, 1.165) is 42.8 Å². The molecule has 0 unspecified atom stereocenters. The van der Waals surface area contributed by atoms with Crippen LogP contribution in [0.1, 0.15) is 25.7 Å². The van der Waals surface area contributed by atoms with Crippen molar-refractivity contribution >= 4 is 22.8 Å². The summed E-state index contributed by atoms with van der Waals surface area (Å²) in [5, 5.41) is 3.24. The highest BCUT2D eigenvalue weighted by Crippen LogP contribution is 2.18. The molecule has 1 saturated heterocycles. The third-order valence-electron chi connectivity index (χ3n) is 3.98. The summed E-state index contributed by atoms with van der Waals surface area (Å²) >= 11 is 0. The summed E-state index contributed by atoms with van der Waals surface area (Å²) in [6.07, 6.45) is 7.55. The Bertz CT molecular complexity index is 630. The number of likely N-dealkylation sites (tertiary alicyclic amines) is 1. The molecule has 6 nitrogen and oxygen atoms in total. The number of carbonyl (C=O) groups is 1. The minimum Gasteiger partial charge on any atom is -0.368 e. The minimum absolute atomic E-state index is 0.232. The standard InChI is InChI=1S/C15H21N5O/c1-19-11-18-14-12(19)5-7-16-15(14)17-8-6-13(21)20-9-3-2-4-10-20/h5,7,11H,2-4,6,8-10H2,1H3,(H,16,17). The van der Waals surface area contributed by atoms with Crippen molar-refractivity contribution in [1.82, 2.24) is 19.4 Å². The first-order chi connectivity index (χ1) is 10.3. The van der Waals surface area contributed by atoms with Crippen LogP contribution in [-0.4, -0.2) is 45.0 Å². The fourth-order valence-corrected chi connectivity index (χ4v) is 2.78. The van der Waals surface area contributed by atoms with Crippen molar-refractivity contribution in [2.24, 2.45) is 7.05 Å². The average molecular weight is 287 g/mol. The van der Waals surface area contributed by atoms with E-state index in [2.05, 4.69) is 15.3 Å². The van der Waals surface area contributed by atoms with Crippen molar-refractivity contribution in [3.63, 3.8) is 0 Å². The number of fused-ring (bicyclic) bond motifs is 1. The Morgan fingerprint density at radius 1 is 1.29 bits per heavy atom. The number of nitrogens with zero attached hydrogens (tertiary/aromatic N) is 4. The largest absolute Gasteiger partial charge is 0.368 e. The highest BCUT2D eigenvalue weighted by atomic mass is 16.2. The number of carbonyl (C=O) groups excluding carboxylic acids is 1. The second kappa shape index (κ2) is 6.11. The number of piperidine rings is 1. The zero-order valence-corrected chi connectivity index (χ0v) is 12.4. The van der Waals surface area contributed by atoms with E-state index in [9.17, 15) is 4.79 Å². The van der Waals surface area contributed by atoms with Crippen LogP contribution in [0.25, 0.3) is 11.0 Å². The first-order valence-corrected chi connectivity index (χ1v) is 7.53. The van der Waals surface area contributed by atoms with E-state index in [1.54, 1.807) is 12.5 Å². The van der Waals surface area contributed by atoms with Crippen molar-refractivity contribution < 1.29 is 4.79 Å². The topological polar surface area (TPSA) is 63.1 Å². The predicted octanol–water partition coefficient (Wildman–Crippen LogP) is 1.78. The van der Waals surface area contributed by atoms with Gasteiger partial charge in [0.05, 0.1) is 11.8 Å². The Hall–Kier alpha value is -2.11. The maximum Gasteiger partial charge on any atom is 0.224 e. The molecule has 3 rings (SSSR count). The van der Waals surface area contributed by atoms with Crippen molar-refractivity contribution in [1.29, 1.82) is 0 Å². The predicted molar refractivity (Wildman–Crippen MR) is 82.0 cm³/mol.